The van der Waals surface area contributed by atoms with Gasteiger partial charge in [0.1, 0.15) is 0 Å². The summed E-state index contributed by atoms with van der Waals surface area (Å²) in [4.78, 5) is 17.4. The molecular weight excluding hydrogens is 344 g/mol. The highest BCUT2D eigenvalue weighted by atomic mass is 79.9. The van der Waals surface area contributed by atoms with Gasteiger partial charge in [0.25, 0.3) is 0 Å². The van der Waals surface area contributed by atoms with Crippen molar-refractivity contribution in [2.75, 3.05) is 0 Å². The number of halogens is 1. The second-order valence-electron chi connectivity index (χ2n) is 3.87. The minimum atomic E-state index is -0.159. The fourth-order valence-electron chi connectivity index (χ4n) is 1.40. The zero-order valence-corrected chi connectivity index (χ0v) is 13.5. The molecule has 0 saturated carbocycles. The van der Waals surface area contributed by atoms with Crippen molar-refractivity contribution in [2.24, 2.45) is 0 Å². The van der Waals surface area contributed by atoms with Gasteiger partial charge in [0, 0.05) is 15.5 Å². The number of aromatic nitrogens is 1. The number of pyridine rings is 1. The Morgan fingerprint density at radius 2 is 2.37 bits per heavy atom. The van der Waals surface area contributed by atoms with Gasteiger partial charge in [0.05, 0.1) is 16.8 Å². The minimum Gasteiger partial charge on any atom is -0.350 e. The molecule has 1 N–H and O–H groups in total. The SMILES string of the molecule is CC(Sc1ccc(Br)cn1)C(=O)NCc1cccs1. The van der Waals surface area contributed by atoms with Gasteiger partial charge in [0.15, 0.2) is 0 Å². The van der Waals surface area contributed by atoms with Gasteiger partial charge < -0.3 is 5.32 Å². The summed E-state index contributed by atoms with van der Waals surface area (Å²) in [6.45, 7) is 2.48. The van der Waals surface area contributed by atoms with Crippen LogP contribution in [-0.4, -0.2) is 16.1 Å². The fraction of sp³-hybridized carbons (Fsp3) is 0.231. The van der Waals surface area contributed by atoms with Crippen LogP contribution in [0.4, 0.5) is 0 Å². The minimum absolute atomic E-state index is 0.0307. The first-order valence-electron chi connectivity index (χ1n) is 5.73. The largest absolute Gasteiger partial charge is 0.350 e. The third-order valence-electron chi connectivity index (χ3n) is 2.38. The summed E-state index contributed by atoms with van der Waals surface area (Å²) in [7, 11) is 0. The summed E-state index contributed by atoms with van der Waals surface area (Å²) in [5, 5.41) is 5.63. The van der Waals surface area contributed by atoms with E-state index in [2.05, 4.69) is 26.2 Å². The van der Waals surface area contributed by atoms with E-state index in [0.717, 1.165) is 14.4 Å². The molecule has 2 aromatic rings. The molecule has 0 aliphatic carbocycles. The molecule has 19 heavy (non-hydrogen) atoms. The molecule has 2 aromatic heterocycles. The van der Waals surface area contributed by atoms with Crippen LogP contribution in [0.3, 0.4) is 0 Å². The zero-order chi connectivity index (χ0) is 13.7. The van der Waals surface area contributed by atoms with Crippen molar-refractivity contribution in [1.29, 1.82) is 0 Å². The van der Waals surface area contributed by atoms with Gasteiger partial charge in [0.2, 0.25) is 5.91 Å². The van der Waals surface area contributed by atoms with Gasteiger partial charge in [-0.15, -0.1) is 11.3 Å². The maximum Gasteiger partial charge on any atom is 0.233 e. The number of amides is 1. The number of rotatable bonds is 5. The number of carbonyl (C=O) groups excluding carboxylic acids is 1. The van der Waals surface area contributed by atoms with E-state index in [-0.39, 0.29) is 11.2 Å². The Kier molecular flexibility index (Phi) is 5.42. The maximum atomic E-state index is 11.9. The first-order valence-corrected chi connectivity index (χ1v) is 8.28. The Labute approximate surface area is 129 Å². The van der Waals surface area contributed by atoms with Crippen LogP contribution < -0.4 is 5.32 Å². The molecule has 0 aliphatic rings. The Bertz CT molecular complexity index is 528. The fourth-order valence-corrected chi connectivity index (χ4v) is 3.09. The third-order valence-corrected chi connectivity index (χ3v) is 4.78. The second kappa shape index (κ2) is 7.07. The van der Waals surface area contributed by atoms with Crippen LogP contribution in [0.25, 0.3) is 0 Å². The number of hydrogen-bond donors (Lipinski definition) is 1. The van der Waals surface area contributed by atoms with Crippen molar-refractivity contribution in [3.05, 3.63) is 45.2 Å². The van der Waals surface area contributed by atoms with Crippen molar-refractivity contribution >= 4 is 44.9 Å². The lowest BCUT2D eigenvalue weighted by atomic mass is 10.4. The lowest BCUT2D eigenvalue weighted by Crippen LogP contribution is -2.30. The van der Waals surface area contributed by atoms with E-state index >= 15 is 0 Å². The summed E-state index contributed by atoms with van der Waals surface area (Å²) in [5.41, 5.74) is 0. The Hall–Kier alpha value is -0.850. The van der Waals surface area contributed by atoms with Crippen LogP contribution in [0, 0.1) is 0 Å². The van der Waals surface area contributed by atoms with Gasteiger partial charge in [-0.3, -0.25) is 4.79 Å². The van der Waals surface area contributed by atoms with E-state index in [1.807, 2.05) is 36.6 Å². The first kappa shape index (κ1) is 14.6. The van der Waals surface area contributed by atoms with Crippen LogP contribution in [0.15, 0.2) is 45.3 Å². The van der Waals surface area contributed by atoms with E-state index < -0.39 is 0 Å². The van der Waals surface area contributed by atoms with Crippen LogP contribution in [0.5, 0.6) is 0 Å². The van der Waals surface area contributed by atoms with Crippen molar-refractivity contribution < 1.29 is 4.79 Å². The van der Waals surface area contributed by atoms with E-state index in [4.69, 9.17) is 0 Å². The predicted molar refractivity (Wildman–Crippen MR) is 83.4 cm³/mol. The normalized spacial score (nSPS) is 12.1. The number of thioether (sulfide) groups is 1. The molecule has 2 rings (SSSR count). The van der Waals surface area contributed by atoms with E-state index in [1.54, 1.807) is 17.5 Å². The number of nitrogens with zero attached hydrogens (tertiary/aromatic N) is 1. The Balaban J connectivity index is 1.83. The van der Waals surface area contributed by atoms with Crippen molar-refractivity contribution in [3.8, 4) is 0 Å². The molecule has 1 atom stereocenters. The molecule has 0 saturated heterocycles. The van der Waals surface area contributed by atoms with Gasteiger partial charge >= 0.3 is 0 Å². The van der Waals surface area contributed by atoms with Gasteiger partial charge in [-0.05, 0) is 46.4 Å². The standard InChI is InChI=1S/C13H13BrN2OS2/c1-9(19-12-5-4-10(14)7-15-12)13(17)16-8-11-3-2-6-18-11/h2-7,9H,8H2,1H3,(H,16,17). The summed E-state index contributed by atoms with van der Waals surface area (Å²) in [6, 6.07) is 7.82. The third kappa shape index (κ3) is 4.63. The van der Waals surface area contributed by atoms with Crippen LogP contribution in [0.2, 0.25) is 0 Å². The molecule has 0 aromatic carbocycles. The topological polar surface area (TPSA) is 42.0 Å². The van der Waals surface area contributed by atoms with Gasteiger partial charge in [-0.25, -0.2) is 4.98 Å². The number of carbonyl (C=O) groups is 1. The molecular formula is C13H13BrN2OS2. The molecule has 0 radical (unpaired) electrons. The van der Waals surface area contributed by atoms with Crippen molar-refractivity contribution in [3.63, 3.8) is 0 Å². The molecule has 3 nitrogen and oxygen atoms in total. The van der Waals surface area contributed by atoms with Crippen LogP contribution in [-0.2, 0) is 11.3 Å². The van der Waals surface area contributed by atoms with Crippen molar-refractivity contribution in [2.45, 2.75) is 23.7 Å². The van der Waals surface area contributed by atoms with Crippen LogP contribution >= 0.6 is 39.0 Å². The van der Waals surface area contributed by atoms with E-state index in [1.165, 1.54) is 11.8 Å². The Morgan fingerprint density at radius 3 is 3.00 bits per heavy atom. The molecule has 0 spiro atoms. The molecule has 1 amide bonds. The molecule has 0 bridgehead atoms. The molecule has 100 valence electrons. The molecule has 1 unspecified atom stereocenters. The lowest BCUT2D eigenvalue weighted by molar-refractivity contribution is -0.120. The number of thiophene rings is 1. The van der Waals surface area contributed by atoms with Gasteiger partial charge in [-0.2, -0.15) is 0 Å². The van der Waals surface area contributed by atoms with E-state index in [9.17, 15) is 4.79 Å². The smallest absolute Gasteiger partial charge is 0.233 e. The monoisotopic (exact) mass is 356 g/mol. The van der Waals surface area contributed by atoms with Gasteiger partial charge in [-0.1, -0.05) is 17.8 Å². The zero-order valence-electron chi connectivity index (χ0n) is 10.3. The van der Waals surface area contributed by atoms with E-state index in [0.29, 0.717) is 6.54 Å². The summed E-state index contributed by atoms with van der Waals surface area (Å²) < 4.78 is 0.937. The summed E-state index contributed by atoms with van der Waals surface area (Å²) >= 11 is 6.44. The number of nitrogens with one attached hydrogen (secondary N) is 1. The predicted octanol–water partition coefficient (Wildman–Crippen LogP) is 3.70. The van der Waals surface area contributed by atoms with Crippen LogP contribution in [0.1, 0.15) is 11.8 Å². The molecule has 0 aliphatic heterocycles. The molecule has 0 fully saturated rings. The average Bonchev–Trinajstić information content (AvgIpc) is 2.91. The summed E-state index contributed by atoms with van der Waals surface area (Å²) in [6.07, 6.45) is 1.73. The summed E-state index contributed by atoms with van der Waals surface area (Å²) in [5.74, 6) is 0.0307. The first-order chi connectivity index (χ1) is 9.15. The molecule has 6 heteroatoms. The average molecular weight is 357 g/mol. The lowest BCUT2D eigenvalue weighted by Gasteiger charge is -2.10. The quantitative estimate of drug-likeness (QED) is 0.830. The molecule has 2 heterocycles. The highest BCUT2D eigenvalue weighted by Gasteiger charge is 2.14. The second-order valence-corrected chi connectivity index (χ2v) is 7.18. The Morgan fingerprint density at radius 1 is 1.53 bits per heavy atom. The maximum absolute atomic E-state index is 11.9. The highest BCUT2D eigenvalue weighted by Crippen LogP contribution is 2.22. The highest BCUT2D eigenvalue weighted by molar-refractivity contribution is 9.10. The number of hydrogen-bond acceptors (Lipinski definition) is 4. The van der Waals surface area contributed by atoms with Crippen molar-refractivity contribution in [1.82, 2.24) is 10.3 Å².